The first-order chi connectivity index (χ1) is 11.5. The van der Waals surface area contributed by atoms with Crippen molar-refractivity contribution in [2.24, 2.45) is 0 Å². The Kier molecular flexibility index (Phi) is 4.66. The van der Waals surface area contributed by atoms with E-state index in [2.05, 4.69) is 36.1 Å². The van der Waals surface area contributed by atoms with E-state index >= 15 is 0 Å². The molecule has 0 spiro atoms. The Bertz CT molecular complexity index is 697. The summed E-state index contributed by atoms with van der Waals surface area (Å²) in [4.78, 5) is 18.8. The summed E-state index contributed by atoms with van der Waals surface area (Å²) >= 11 is 0. The van der Waals surface area contributed by atoms with Gasteiger partial charge in [-0.25, -0.2) is 0 Å². The largest absolute Gasteiger partial charge is 0.366 e. The fourth-order valence-electron chi connectivity index (χ4n) is 2.96. The summed E-state index contributed by atoms with van der Waals surface area (Å²) in [6.07, 6.45) is 0.134. The number of morpholine rings is 1. The minimum absolute atomic E-state index is 0.123. The summed E-state index contributed by atoms with van der Waals surface area (Å²) in [7, 11) is 0. The first kappa shape index (κ1) is 16.6. The number of carbonyl (C=O) groups excluding carboxylic acids is 1. The molecule has 1 aromatic carbocycles. The Morgan fingerprint density at radius 3 is 2.75 bits per heavy atom. The number of ether oxygens (including phenoxy) is 1. The molecule has 0 saturated carbocycles. The topological polar surface area (TPSA) is 68.5 Å². The second-order valence-corrected chi connectivity index (χ2v) is 6.80. The van der Waals surface area contributed by atoms with Crippen LogP contribution in [0.3, 0.4) is 0 Å². The van der Waals surface area contributed by atoms with E-state index in [1.807, 2.05) is 23.1 Å². The van der Waals surface area contributed by atoms with E-state index in [-0.39, 0.29) is 17.4 Å². The van der Waals surface area contributed by atoms with Crippen LogP contribution in [0.4, 0.5) is 0 Å². The van der Waals surface area contributed by atoms with Crippen LogP contribution in [-0.2, 0) is 14.9 Å². The number of aromatic nitrogens is 2. The van der Waals surface area contributed by atoms with Crippen LogP contribution in [0.5, 0.6) is 0 Å². The van der Waals surface area contributed by atoms with Crippen molar-refractivity contribution in [3.8, 4) is 0 Å². The molecule has 0 aliphatic carbocycles. The fraction of sp³-hybridized carbons (Fsp3) is 0.500. The average molecular weight is 329 g/mol. The maximum absolute atomic E-state index is 12.8. The highest BCUT2D eigenvalue weighted by molar-refractivity contribution is 5.78. The molecular formula is C18H23N3O3. The molecule has 1 aliphatic heterocycles. The summed E-state index contributed by atoms with van der Waals surface area (Å²) in [6, 6.07) is 10.1. The molecule has 6 heteroatoms. The number of benzene rings is 1. The summed E-state index contributed by atoms with van der Waals surface area (Å²) in [6.45, 7) is 7.47. The van der Waals surface area contributed by atoms with E-state index in [0.717, 1.165) is 5.56 Å². The monoisotopic (exact) mass is 329 g/mol. The van der Waals surface area contributed by atoms with Gasteiger partial charge in [-0.2, -0.15) is 4.98 Å². The molecule has 6 nitrogen and oxygen atoms in total. The van der Waals surface area contributed by atoms with Crippen LogP contribution >= 0.6 is 0 Å². The van der Waals surface area contributed by atoms with Crippen LogP contribution in [0.15, 0.2) is 34.9 Å². The van der Waals surface area contributed by atoms with Crippen molar-refractivity contribution in [2.45, 2.75) is 38.7 Å². The van der Waals surface area contributed by atoms with E-state index in [9.17, 15) is 4.79 Å². The number of carbonyl (C=O) groups is 1. The van der Waals surface area contributed by atoms with Crippen LogP contribution < -0.4 is 0 Å². The van der Waals surface area contributed by atoms with Gasteiger partial charge in [0.2, 0.25) is 17.6 Å². The Hall–Kier alpha value is -2.21. The number of aryl methyl sites for hydroxylation is 1. The van der Waals surface area contributed by atoms with Gasteiger partial charge in [0.25, 0.3) is 0 Å². The van der Waals surface area contributed by atoms with Gasteiger partial charge in [0, 0.05) is 19.9 Å². The third-order valence-electron chi connectivity index (χ3n) is 4.40. The summed E-state index contributed by atoms with van der Waals surface area (Å²) in [5, 5.41) is 3.91. The van der Waals surface area contributed by atoms with Crippen LogP contribution in [0, 0.1) is 6.92 Å². The lowest BCUT2D eigenvalue weighted by atomic mass is 9.81. The molecule has 1 aliphatic rings. The molecule has 24 heavy (non-hydrogen) atoms. The smallest absolute Gasteiger partial charge is 0.223 e. The lowest BCUT2D eigenvalue weighted by Gasteiger charge is -2.34. The van der Waals surface area contributed by atoms with Gasteiger partial charge in [0.05, 0.1) is 13.2 Å². The summed E-state index contributed by atoms with van der Waals surface area (Å²) in [5.74, 6) is 1.13. The second-order valence-electron chi connectivity index (χ2n) is 6.80. The zero-order valence-electron chi connectivity index (χ0n) is 14.4. The van der Waals surface area contributed by atoms with Gasteiger partial charge >= 0.3 is 0 Å². The van der Waals surface area contributed by atoms with Crippen LogP contribution in [0.1, 0.15) is 43.7 Å². The predicted octanol–water partition coefficient (Wildman–Crippen LogP) is 2.65. The maximum Gasteiger partial charge on any atom is 0.223 e. The molecule has 3 rings (SSSR count). The molecule has 1 amide bonds. The SMILES string of the molecule is Cc1nc(C2CN(C(=O)CC(C)(C)c3ccccc3)CCO2)no1. The molecule has 0 radical (unpaired) electrons. The highest BCUT2D eigenvalue weighted by Crippen LogP contribution is 2.29. The van der Waals surface area contributed by atoms with Crippen molar-refractivity contribution in [1.29, 1.82) is 0 Å². The van der Waals surface area contributed by atoms with E-state index < -0.39 is 0 Å². The number of amides is 1. The lowest BCUT2D eigenvalue weighted by molar-refractivity contribution is -0.140. The summed E-state index contributed by atoms with van der Waals surface area (Å²) in [5.41, 5.74) is 0.950. The second kappa shape index (κ2) is 6.73. The van der Waals surface area contributed by atoms with E-state index in [1.54, 1.807) is 6.92 Å². The van der Waals surface area contributed by atoms with Gasteiger partial charge < -0.3 is 14.2 Å². The Labute approximate surface area is 141 Å². The van der Waals surface area contributed by atoms with Crippen molar-refractivity contribution in [2.75, 3.05) is 19.7 Å². The standard InChI is InChI=1S/C18H23N3O3/c1-13-19-17(20-24-13)15-12-21(9-10-23-15)16(22)11-18(2,3)14-7-5-4-6-8-14/h4-8,15H,9-12H2,1-3H3. The zero-order valence-corrected chi connectivity index (χ0v) is 14.4. The molecule has 0 N–H and O–H groups in total. The Balaban J connectivity index is 1.66. The minimum Gasteiger partial charge on any atom is -0.366 e. The third-order valence-corrected chi connectivity index (χ3v) is 4.40. The third kappa shape index (κ3) is 3.64. The molecule has 1 atom stereocenters. The molecule has 2 heterocycles. The van der Waals surface area contributed by atoms with Gasteiger partial charge in [-0.3, -0.25) is 4.79 Å². The van der Waals surface area contributed by atoms with Crippen LogP contribution in [-0.4, -0.2) is 40.6 Å². The van der Waals surface area contributed by atoms with Crippen molar-refractivity contribution >= 4 is 5.91 Å². The molecule has 2 aromatic rings. The highest BCUT2D eigenvalue weighted by atomic mass is 16.5. The molecule has 1 saturated heterocycles. The number of hydrogen-bond donors (Lipinski definition) is 0. The quantitative estimate of drug-likeness (QED) is 0.862. The molecular weight excluding hydrogens is 306 g/mol. The van der Waals surface area contributed by atoms with E-state index in [1.165, 1.54) is 0 Å². The van der Waals surface area contributed by atoms with Crippen molar-refractivity contribution < 1.29 is 14.1 Å². The van der Waals surface area contributed by atoms with Gasteiger partial charge in [-0.1, -0.05) is 49.3 Å². The van der Waals surface area contributed by atoms with Crippen molar-refractivity contribution in [3.63, 3.8) is 0 Å². The molecule has 0 bridgehead atoms. The maximum atomic E-state index is 12.8. The van der Waals surface area contributed by atoms with Crippen LogP contribution in [0.25, 0.3) is 0 Å². The molecule has 128 valence electrons. The normalized spacial score (nSPS) is 18.6. The molecule has 1 aromatic heterocycles. The number of hydrogen-bond acceptors (Lipinski definition) is 5. The first-order valence-electron chi connectivity index (χ1n) is 8.21. The van der Waals surface area contributed by atoms with E-state index in [0.29, 0.717) is 37.8 Å². The van der Waals surface area contributed by atoms with Crippen molar-refractivity contribution in [3.05, 3.63) is 47.6 Å². The average Bonchev–Trinajstić information content (AvgIpc) is 3.02. The fourth-order valence-corrected chi connectivity index (χ4v) is 2.96. The van der Waals surface area contributed by atoms with Gasteiger partial charge in [0.15, 0.2) is 0 Å². The van der Waals surface area contributed by atoms with Gasteiger partial charge in [0.1, 0.15) is 6.10 Å². The van der Waals surface area contributed by atoms with Gasteiger partial charge in [-0.15, -0.1) is 0 Å². The number of nitrogens with zero attached hydrogens (tertiary/aromatic N) is 3. The van der Waals surface area contributed by atoms with E-state index in [4.69, 9.17) is 9.26 Å². The molecule has 1 unspecified atom stereocenters. The predicted molar refractivity (Wildman–Crippen MR) is 88.4 cm³/mol. The first-order valence-corrected chi connectivity index (χ1v) is 8.21. The molecule has 1 fully saturated rings. The zero-order chi connectivity index (χ0) is 17.2. The Morgan fingerprint density at radius 1 is 1.33 bits per heavy atom. The van der Waals surface area contributed by atoms with Crippen LogP contribution in [0.2, 0.25) is 0 Å². The minimum atomic E-state index is -0.319. The lowest BCUT2D eigenvalue weighted by Crippen LogP contribution is -2.44. The van der Waals surface area contributed by atoms with Gasteiger partial charge in [-0.05, 0) is 11.0 Å². The highest BCUT2D eigenvalue weighted by Gasteiger charge is 2.32. The Morgan fingerprint density at radius 2 is 2.08 bits per heavy atom. The van der Waals surface area contributed by atoms with Crippen molar-refractivity contribution in [1.82, 2.24) is 15.0 Å². The summed E-state index contributed by atoms with van der Waals surface area (Å²) < 4.78 is 10.7. The number of rotatable bonds is 4.